The standard InChI is InChI=1S/C28H37F4N3O4S/c1-34(2)27(22-11-13-24(29)14-12-22)21-9-7-20(8-10-21)18-33-26(36)19-39-16-15-35(3)40(37,38)25-6-4-5-23(17-25)28(30,31)32/h4-6,11-14,17,20-21,27H,7-10,15-16,18-19H2,1-3H3,(H,33,36). The first kappa shape index (κ1) is 32.0. The molecule has 0 aromatic heterocycles. The van der Waals surface area contributed by atoms with Gasteiger partial charge in [0.2, 0.25) is 15.9 Å². The number of carbonyl (C=O) groups excluding carboxylic acids is 1. The number of hydrogen-bond donors (Lipinski definition) is 1. The second kappa shape index (κ2) is 13.9. The molecule has 1 saturated carbocycles. The van der Waals surface area contributed by atoms with E-state index in [0.717, 1.165) is 53.8 Å². The summed E-state index contributed by atoms with van der Waals surface area (Å²) < 4.78 is 83.6. The molecule has 3 rings (SSSR count). The number of sulfonamides is 1. The molecular weight excluding hydrogens is 550 g/mol. The van der Waals surface area contributed by atoms with Crippen LogP contribution < -0.4 is 5.32 Å². The van der Waals surface area contributed by atoms with E-state index in [9.17, 15) is 30.8 Å². The number of likely N-dealkylation sites (N-methyl/N-ethyl adjacent to an activating group) is 1. The molecule has 2 aromatic carbocycles. The van der Waals surface area contributed by atoms with Gasteiger partial charge in [0.15, 0.2) is 0 Å². The van der Waals surface area contributed by atoms with Gasteiger partial charge in [0.1, 0.15) is 12.4 Å². The van der Waals surface area contributed by atoms with Crippen molar-refractivity contribution in [2.75, 3.05) is 47.4 Å². The smallest absolute Gasteiger partial charge is 0.370 e. The molecule has 7 nitrogen and oxygen atoms in total. The van der Waals surface area contributed by atoms with Crippen LogP contribution in [0.3, 0.4) is 0 Å². The van der Waals surface area contributed by atoms with Crippen molar-refractivity contribution in [3.05, 3.63) is 65.5 Å². The number of nitrogens with one attached hydrogen (secondary N) is 1. The molecule has 40 heavy (non-hydrogen) atoms. The summed E-state index contributed by atoms with van der Waals surface area (Å²) >= 11 is 0. The van der Waals surface area contributed by atoms with Gasteiger partial charge in [-0.05, 0) is 87.5 Å². The molecule has 0 bridgehead atoms. The lowest BCUT2D eigenvalue weighted by atomic mass is 9.76. The maximum absolute atomic E-state index is 13.4. The summed E-state index contributed by atoms with van der Waals surface area (Å²) in [4.78, 5) is 13.9. The van der Waals surface area contributed by atoms with E-state index in [-0.39, 0.29) is 37.5 Å². The van der Waals surface area contributed by atoms with Gasteiger partial charge in [0.05, 0.1) is 17.1 Å². The number of amides is 1. The molecule has 0 aliphatic heterocycles. The summed E-state index contributed by atoms with van der Waals surface area (Å²) in [6.45, 7) is 0.0431. The predicted octanol–water partition coefficient (Wildman–Crippen LogP) is 4.71. The minimum atomic E-state index is -4.65. The number of hydrogen-bond acceptors (Lipinski definition) is 5. The van der Waals surface area contributed by atoms with Crippen LogP contribution in [0.25, 0.3) is 0 Å². The molecule has 1 amide bonds. The maximum atomic E-state index is 13.4. The molecular formula is C28H37F4N3O4S. The Hall–Kier alpha value is -2.54. The normalized spacial score (nSPS) is 19.1. The molecule has 1 N–H and O–H groups in total. The summed E-state index contributed by atoms with van der Waals surface area (Å²) in [6, 6.07) is 10.4. The minimum Gasteiger partial charge on any atom is -0.370 e. The number of rotatable bonds is 12. The van der Waals surface area contributed by atoms with E-state index in [1.807, 2.05) is 26.2 Å². The minimum absolute atomic E-state index is 0.0947. The number of nitrogens with zero attached hydrogens (tertiary/aromatic N) is 2. The quantitative estimate of drug-likeness (QED) is 0.288. The molecule has 1 unspecified atom stereocenters. The van der Waals surface area contributed by atoms with Crippen LogP contribution in [0.4, 0.5) is 17.6 Å². The Labute approximate surface area is 233 Å². The third kappa shape index (κ3) is 8.73. The van der Waals surface area contributed by atoms with Gasteiger partial charge < -0.3 is 15.0 Å². The van der Waals surface area contributed by atoms with Crippen molar-refractivity contribution in [2.24, 2.45) is 11.8 Å². The topological polar surface area (TPSA) is 79.0 Å². The highest BCUT2D eigenvalue weighted by atomic mass is 32.2. The fourth-order valence-electron chi connectivity index (χ4n) is 5.16. The molecule has 0 spiro atoms. The van der Waals surface area contributed by atoms with Gasteiger partial charge in [0.25, 0.3) is 0 Å². The molecule has 1 fully saturated rings. The summed E-state index contributed by atoms with van der Waals surface area (Å²) in [5.41, 5.74) is 0.0438. The van der Waals surface area contributed by atoms with Gasteiger partial charge in [-0.3, -0.25) is 4.79 Å². The Balaban J connectivity index is 1.38. The zero-order valence-electron chi connectivity index (χ0n) is 23.0. The lowest BCUT2D eigenvalue weighted by molar-refractivity contribution is -0.137. The Morgan fingerprint density at radius 1 is 1.05 bits per heavy atom. The fraction of sp³-hybridized carbons (Fsp3) is 0.536. The van der Waals surface area contributed by atoms with Crippen LogP contribution in [0.5, 0.6) is 0 Å². The largest absolute Gasteiger partial charge is 0.416 e. The second-order valence-corrected chi connectivity index (χ2v) is 12.5. The van der Waals surface area contributed by atoms with Crippen molar-refractivity contribution in [3.63, 3.8) is 0 Å². The van der Waals surface area contributed by atoms with Gasteiger partial charge >= 0.3 is 6.18 Å². The van der Waals surface area contributed by atoms with Gasteiger partial charge in [0, 0.05) is 26.2 Å². The molecule has 222 valence electrons. The van der Waals surface area contributed by atoms with E-state index in [4.69, 9.17) is 4.74 Å². The third-order valence-corrected chi connectivity index (χ3v) is 9.20. The highest BCUT2D eigenvalue weighted by molar-refractivity contribution is 7.89. The lowest BCUT2D eigenvalue weighted by Gasteiger charge is -2.37. The number of ether oxygens (including phenoxy) is 1. The van der Waals surface area contributed by atoms with Gasteiger partial charge in [-0.15, -0.1) is 0 Å². The molecule has 0 saturated heterocycles. The maximum Gasteiger partial charge on any atom is 0.416 e. The number of carbonyl (C=O) groups is 1. The Bertz CT molecular complexity index is 1210. The zero-order valence-corrected chi connectivity index (χ0v) is 23.8. The van der Waals surface area contributed by atoms with E-state index in [0.29, 0.717) is 24.4 Å². The Morgan fingerprint density at radius 3 is 2.30 bits per heavy atom. The summed E-state index contributed by atoms with van der Waals surface area (Å²) in [5, 5.41) is 2.87. The van der Waals surface area contributed by atoms with Crippen molar-refractivity contribution in [2.45, 2.75) is 42.8 Å². The van der Waals surface area contributed by atoms with Crippen molar-refractivity contribution in [1.29, 1.82) is 0 Å². The number of halogens is 4. The van der Waals surface area contributed by atoms with E-state index in [1.54, 1.807) is 0 Å². The van der Waals surface area contributed by atoms with Crippen LogP contribution in [-0.4, -0.2) is 71.0 Å². The molecule has 1 atom stereocenters. The highest BCUT2D eigenvalue weighted by Gasteiger charge is 2.33. The molecule has 0 radical (unpaired) electrons. The van der Waals surface area contributed by atoms with Gasteiger partial charge in [-0.2, -0.15) is 17.5 Å². The van der Waals surface area contributed by atoms with Crippen LogP contribution in [0, 0.1) is 17.7 Å². The van der Waals surface area contributed by atoms with Crippen LogP contribution in [0.15, 0.2) is 53.4 Å². The summed E-state index contributed by atoms with van der Waals surface area (Å²) in [6.07, 6.45) is -0.766. The lowest BCUT2D eigenvalue weighted by Crippen LogP contribution is -2.36. The first-order valence-corrected chi connectivity index (χ1v) is 14.6. The van der Waals surface area contributed by atoms with Crippen molar-refractivity contribution >= 4 is 15.9 Å². The SMILES string of the molecule is CN(C)C(c1ccc(F)cc1)C1CCC(CNC(=O)COCCN(C)S(=O)(=O)c2cccc(C(F)(F)F)c2)CC1. The highest BCUT2D eigenvalue weighted by Crippen LogP contribution is 2.39. The summed E-state index contributed by atoms with van der Waals surface area (Å²) in [7, 11) is 1.15. The molecule has 1 aliphatic rings. The molecule has 12 heteroatoms. The van der Waals surface area contributed by atoms with Crippen LogP contribution in [-0.2, 0) is 25.7 Å². The molecule has 1 aliphatic carbocycles. The average molecular weight is 588 g/mol. The zero-order chi connectivity index (χ0) is 29.5. The van der Waals surface area contributed by atoms with E-state index < -0.39 is 26.7 Å². The van der Waals surface area contributed by atoms with E-state index in [2.05, 4.69) is 10.2 Å². The molecule has 0 heterocycles. The first-order chi connectivity index (χ1) is 18.8. The monoisotopic (exact) mass is 587 g/mol. The molecule has 2 aromatic rings. The van der Waals surface area contributed by atoms with E-state index in [1.165, 1.54) is 19.2 Å². The fourth-order valence-corrected chi connectivity index (χ4v) is 6.36. The van der Waals surface area contributed by atoms with Gasteiger partial charge in [-0.1, -0.05) is 18.2 Å². The van der Waals surface area contributed by atoms with Crippen molar-refractivity contribution < 1.29 is 35.5 Å². The Kier molecular flexibility index (Phi) is 11.1. The number of benzene rings is 2. The van der Waals surface area contributed by atoms with Crippen LogP contribution in [0.2, 0.25) is 0 Å². The average Bonchev–Trinajstić information content (AvgIpc) is 2.91. The van der Waals surface area contributed by atoms with E-state index >= 15 is 0 Å². The van der Waals surface area contributed by atoms with Crippen LogP contribution in [0.1, 0.15) is 42.9 Å². The first-order valence-electron chi connectivity index (χ1n) is 13.2. The third-order valence-electron chi connectivity index (χ3n) is 7.35. The predicted molar refractivity (Wildman–Crippen MR) is 143 cm³/mol. The van der Waals surface area contributed by atoms with Crippen molar-refractivity contribution in [1.82, 2.24) is 14.5 Å². The van der Waals surface area contributed by atoms with Gasteiger partial charge in [-0.25, -0.2) is 12.8 Å². The van der Waals surface area contributed by atoms with Crippen LogP contribution >= 0.6 is 0 Å². The second-order valence-electron chi connectivity index (χ2n) is 10.4. The van der Waals surface area contributed by atoms with Crippen molar-refractivity contribution in [3.8, 4) is 0 Å². The number of alkyl halides is 3. The summed E-state index contributed by atoms with van der Waals surface area (Å²) in [5.74, 6) is 0.194. The Morgan fingerprint density at radius 2 is 1.70 bits per heavy atom.